The van der Waals surface area contributed by atoms with Crippen molar-refractivity contribution >= 4 is 35.1 Å². The Hall–Kier alpha value is -2.16. The van der Waals surface area contributed by atoms with Crippen LogP contribution in [0.2, 0.25) is 5.02 Å². The Kier molecular flexibility index (Phi) is 6.22. The Bertz CT molecular complexity index is 915. The van der Waals surface area contributed by atoms with Crippen molar-refractivity contribution in [3.63, 3.8) is 0 Å². The van der Waals surface area contributed by atoms with Gasteiger partial charge in [-0.1, -0.05) is 30.7 Å². The Morgan fingerprint density at radius 2 is 2.16 bits per heavy atom. The Morgan fingerprint density at radius 1 is 1.41 bits per heavy atom. The number of hydrogen-bond donors (Lipinski definition) is 2. The summed E-state index contributed by atoms with van der Waals surface area (Å²) >= 11 is 6.32. The number of carbonyl (C=O) groups excluding carboxylic acids is 3. The number of anilines is 1. The molecule has 32 heavy (non-hydrogen) atoms. The summed E-state index contributed by atoms with van der Waals surface area (Å²) in [7, 11) is 0. The van der Waals surface area contributed by atoms with Gasteiger partial charge in [0.2, 0.25) is 11.8 Å². The maximum Gasteiger partial charge on any atom is 0.312 e. The molecule has 0 saturated carbocycles. The highest BCUT2D eigenvalue weighted by Gasteiger charge is 2.75. The molecule has 3 saturated heterocycles. The van der Waals surface area contributed by atoms with E-state index in [1.165, 1.54) is 4.90 Å². The number of aliphatic hydroxyl groups excluding tert-OH is 1. The first kappa shape index (κ1) is 23.0. The Morgan fingerprint density at radius 3 is 2.78 bits per heavy atom. The maximum absolute atomic E-state index is 13.7. The highest BCUT2D eigenvalue weighted by Crippen LogP contribution is 2.59. The summed E-state index contributed by atoms with van der Waals surface area (Å²) in [5, 5.41) is 13.3. The average Bonchev–Trinajstić information content (AvgIpc) is 3.40. The molecule has 3 heterocycles. The minimum Gasteiger partial charge on any atom is -0.466 e. The van der Waals surface area contributed by atoms with Crippen LogP contribution in [0.3, 0.4) is 0 Å². The molecule has 1 spiro atoms. The van der Waals surface area contributed by atoms with Crippen molar-refractivity contribution in [2.75, 3.05) is 18.5 Å². The van der Waals surface area contributed by atoms with Crippen LogP contribution in [0.4, 0.5) is 5.69 Å². The summed E-state index contributed by atoms with van der Waals surface area (Å²) in [6, 6.07) is 3.74. The Balaban J connectivity index is 1.76. The van der Waals surface area contributed by atoms with E-state index in [1.807, 2.05) is 19.9 Å². The number of hydrogen-bond acceptors (Lipinski definition) is 6. The molecular weight excluding hydrogens is 436 g/mol. The Labute approximate surface area is 192 Å². The minimum atomic E-state index is -1.14. The van der Waals surface area contributed by atoms with Crippen LogP contribution < -0.4 is 5.32 Å². The number of para-hydroxylation sites is 1. The van der Waals surface area contributed by atoms with Crippen LogP contribution in [0, 0.1) is 18.8 Å². The number of nitrogens with zero attached hydrogens (tertiary/aromatic N) is 1. The normalized spacial score (nSPS) is 31.5. The largest absolute Gasteiger partial charge is 0.466 e. The van der Waals surface area contributed by atoms with Gasteiger partial charge in [0, 0.05) is 0 Å². The number of aryl methyl sites for hydroxylation is 1. The summed E-state index contributed by atoms with van der Waals surface area (Å²) in [5.41, 5.74) is 0.116. The fourth-order valence-electron chi connectivity index (χ4n) is 5.69. The molecule has 2 amide bonds. The molecule has 0 unspecified atom stereocenters. The van der Waals surface area contributed by atoms with Gasteiger partial charge in [-0.25, -0.2) is 0 Å². The van der Waals surface area contributed by atoms with E-state index in [2.05, 4.69) is 5.32 Å². The first-order valence-electron chi connectivity index (χ1n) is 11.1. The van der Waals surface area contributed by atoms with E-state index in [9.17, 15) is 19.5 Å². The summed E-state index contributed by atoms with van der Waals surface area (Å²) < 4.78 is 11.5. The fraction of sp³-hybridized carbons (Fsp3) is 0.609. The number of nitrogens with one attached hydrogen (secondary N) is 1. The zero-order valence-electron chi connectivity index (χ0n) is 18.5. The van der Waals surface area contributed by atoms with Gasteiger partial charge in [-0.05, 0) is 44.7 Å². The summed E-state index contributed by atoms with van der Waals surface area (Å²) in [5.74, 6) is -2.83. The molecule has 2 bridgehead atoms. The molecule has 8 nitrogen and oxygen atoms in total. The number of benzene rings is 1. The van der Waals surface area contributed by atoms with Crippen molar-refractivity contribution in [3.8, 4) is 0 Å². The standard InChI is InChI=1S/C23H29ClN2O6/c1-4-13(11-27)26-19(20(28)25-18-12(3)7-6-8-14(18)24)23-10-9-15(32-23)16(17(23)21(26)29)22(30)31-5-2/h6-8,13,15-17,19,27H,4-5,9-11H2,1-3H3,(H,25,28)/t13-,15-,16+,17+,19-,23+/m0/s1. The fourth-order valence-corrected chi connectivity index (χ4v) is 5.95. The van der Waals surface area contributed by atoms with Crippen molar-refractivity contribution in [3.05, 3.63) is 28.8 Å². The maximum atomic E-state index is 13.7. The van der Waals surface area contributed by atoms with Gasteiger partial charge >= 0.3 is 5.97 Å². The number of ether oxygens (including phenoxy) is 2. The zero-order valence-corrected chi connectivity index (χ0v) is 19.2. The second-order valence-corrected chi connectivity index (χ2v) is 9.13. The SMILES string of the molecule is CCOC(=O)[C@@H]1[C@@H]2CC[C@]3(O2)[C@H](C(=O)Nc2c(C)cccc2Cl)N([C@@H](CC)CO)C(=O)[C@@H]13. The number of likely N-dealkylation sites (tertiary alicyclic amines) is 1. The van der Waals surface area contributed by atoms with E-state index >= 15 is 0 Å². The van der Waals surface area contributed by atoms with Crippen molar-refractivity contribution in [1.82, 2.24) is 4.90 Å². The molecule has 6 atom stereocenters. The quantitative estimate of drug-likeness (QED) is 0.600. The lowest BCUT2D eigenvalue weighted by molar-refractivity contribution is -0.155. The summed E-state index contributed by atoms with van der Waals surface area (Å²) in [4.78, 5) is 41.6. The highest BCUT2D eigenvalue weighted by atomic mass is 35.5. The van der Waals surface area contributed by atoms with E-state index < -0.39 is 47.5 Å². The molecule has 0 radical (unpaired) electrons. The van der Waals surface area contributed by atoms with E-state index in [0.29, 0.717) is 30.0 Å². The van der Waals surface area contributed by atoms with Crippen molar-refractivity contribution in [2.45, 2.75) is 63.8 Å². The minimum absolute atomic E-state index is 0.198. The van der Waals surface area contributed by atoms with Gasteiger partial charge in [0.1, 0.15) is 11.6 Å². The number of amides is 2. The van der Waals surface area contributed by atoms with Gasteiger partial charge in [0.05, 0.1) is 47.9 Å². The molecule has 174 valence electrons. The second kappa shape index (κ2) is 8.65. The predicted octanol–water partition coefficient (Wildman–Crippen LogP) is 2.30. The van der Waals surface area contributed by atoms with Crippen LogP contribution in [0.5, 0.6) is 0 Å². The smallest absolute Gasteiger partial charge is 0.312 e. The zero-order chi connectivity index (χ0) is 23.2. The number of esters is 1. The second-order valence-electron chi connectivity index (χ2n) is 8.72. The third-order valence-corrected chi connectivity index (χ3v) is 7.41. The van der Waals surface area contributed by atoms with Gasteiger partial charge in [0.25, 0.3) is 0 Å². The van der Waals surface area contributed by atoms with E-state index in [0.717, 1.165) is 5.56 Å². The monoisotopic (exact) mass is 464 g/mol. The van der Waals surface area contributed by atoms with Crippen LogP contribution in [0.15, 0.2) is 18.2 Å². The molecule has 0 aliphatic carbocycles. The highest BCUT2D eigenvalue weighted by molar-refractivity contribution is 6.34. The van der Waals surface area contributed by atoms with Gasteiger partial charge in [-0.2, -0.15) is 0 Å². The lowest BCUT2D eigenvalue weighted by Gasteiger charge is -2.36. The van der Waals surface area contributed by atoms with Gasteiger partial charge in [-0.3, -0.25) is 14.4 Å². The van der Waals surface area contributed by atoms with Crippen LogP contribution >= 0.6 is 11.6 Å². The third-order valence-electron chi connectivity index (χ3n) is 7.09. The molecule has 1 aromatic carbocycles. The molecule has 3 fully saturated rings. The number of aliphatic hydroxyl groups is 1. The number of fused-ring (bicyclic) bond motifs is 1. The molecule has 2 N–H and O–H groups in total. The van der Waals surface area contributed by atoms with Gasteiger partial charge in [-0.15, -0.1) is 0 Å². The summed E-state index contributed by atoms with van der Waals surface area (Å²) in [6.07, 6.45) is 1.03. The van der Waals surface area contributed by atoms with Gasteiger partial charge < -0.3 is 24.8 Å². The van der Waals surface area contributed by atoms with Crippen LogP contribution in [-0.4, -0.2) is 64.8 Å². The van der Waals surface area contributed by atoms with Crippen molar-refractivity contribution < 1.29 is 29.0 Å². The van der Waals surface area contributed by atoms with Crippen LogP contribution in [-0.2, 0) is 23.9 Å². The molecule has 0 aromatic heterocycles. The number of halogens is 1. The summed E-state index contributed by atoms with van der Waals surface area (Å²) in [6.45, 7) is 5.29. The van der Waals surface area contributed by atoms with Crippen LogP contribution in [0.25, 0.3) is 0 Å². The molecule has 1 aromatic rings. The third kappa shape index (κ3) is 3.31. The molecule has 3 aliphatic heterocycles. The molecule has 4 rings (SSSR count). The number of carbonyl (C=O) groups is 3. The first-order chi connectivity index (χ1) is 15.3. The van der Waals surface area contributed by atoms with Crippen molar-refractivity contribution in [1.29, 1.82) is 0 Å². The molecular formula is C23H29ClN2O6. The van der Waals surface area contributed by atoms with Crippen molar-refractivity contribution in [2.24, 2.45) is 11.8 Å². The van der Waals surface area contributed by atoms with Crippen LogP contribution in [0.1, 0.15) is 38.7 Å². The average molecular weight is 465 g/mol. The van der Waals surface area contributed by atoms with E-state index in [4.69, 9.17) is 21.1 Å². The lowest BCUT2D eigenvalue weighted by Crippen LogP contribution is -2.56. The topological polar surface area (TPSA) is 105 Å². The first-order valence-corrected chi connectivity index (χ1v) is 11.5. The lowest BCUT2D eigenvalue weighted by atomic mass is 9.70. The van der Waals surface area contributed by atoms with E-state index in [1.54, 1.807) is 19.1 Å². The number of rotatable bonds is 7. The van der Waals surface area contributed by atoms with Gasteiger partial charge in [0.15, 0.2) is 0 Å². The van der Waals surface area contributed by atoms with E-state index in [-0.39, 0.29) is 19.1 Å². The molecule has 3 aliphatic rings. The predicted molar refractivity (Wildman–Crippen MR) is 117 cm³/mol. The molecule has 9 heteroatoms.